The van der Waals surface area contributed by atoms with E-state index in [2.05, 4.69) is 27.7 Å². The molecule has 4 rings (SSSR count). The Labute approximate surface area is 238 Å². The number of fused-ring (bicyclic) bond motifs is 5. The van der Waals surface area contributed by atoms with E-state index in [9.17, 15) is 14.7 Å². The predicted octanol–water partition coefficient (Wildman–Crippen LogP) is 7.72. The van der Waals surface area contributed by atoms with Crippen LogP contribution >= 0.6 is 0 Å². The number of carbonyl (C=O) groups is 2. The van der Waals surface area contributed by atoms with Gasteiger partial charge in [-0.25, -0.2) is 0 Å². The fraction of sp³-hybridized carbons (Fsp3) is 0.941. The number of rotatable bonds is 7. The molecule has 0 heterocycles. The van der Waals surface area contributed by atoms with Crippen LogP contribution in [0.3, 0.4) is 0 Å². The normalized spacial score (nSPS) is 41.1. The van der Waals surface area contributed by atoms with E-state index in [1.54, 1.807) is 0 Å². The average molecular weight is 547 g/mol. The fourth-order valence-electron chi connectivity index (χ4n) is 9.64. The molecular weight excluding hydrogens is 488 g/mol. The predicted molar refractivity (Wildman–Crippen MR) is 155 cm³/mol. The molecule has 0 bridgehead atoms. The fourth-order valence-corrected chi connectivity index (χ4v) is 9.64. The summed E-state index contributed by atoms with van der Waals surface area (Å²) in [5.41, 5.74) is -0.717. The number of aliphatic hydroxyl groups is 1. The number of hydrogen-bond acceptors (Lipinski definition) is 5. The molecule has 0 radical (unpaired) electrons. The van der Waals surface area contributed by atoms with Gasteiger partial charge in [-0.2, -0.15) is 0 Å². The van der Waals surface area contributed by atoms with Crippen molar-refractivity contribution in [3.63, 3.8) is 0 Å². The number of esters is 2. The molecule has 4 aliphatic carbocycles. The quantitative estimate of drug-likeness (QED) is 0.331. The van der Waals surface area contributed by atoms with Crippen LogP contribution in [-0.4, -0.2) is 34.9 Å². The maximum absolute atomic E-state index is 12.8. The molecule has 1 N–H and O–H groups in total. The second-order valence-electron chi connectivity index (χ2n) is 16.1. The smallest absolute Gasteiger partial charge is 0.311 e. The lowest BCUT2D eigenvalue weighted by Crippen LogP contribution is -2.59. The topological polar surface area (TPSA) is 72.8 Å². The van der Waals surface area contributed by atoms with Crippen molar-refractivity contribution in [1.82, 2.24) is 0 Å². The van der Waals surface area contributed by atoms with Crippen molar-refractivity contribution in [3.8, 4) is 0 Å². The van der Waals surface area contributed by atoms with Gasteiger partial charge in [0.1, 0.15) is 11.7 Å². The molecule has 224 valence electrons. The highest BCUT2D eigenvalue weighted by atomic mass is 16.6. The Bertz CT molecular complexity index is 904. The van der Waals surface area contributed by atoms with E-state index in [0.717, 1.165) is 44.9 Å². The minimum absolute atomic E-state index is 0.0402. The van der Waals surface area contributed by atoms with E-state index in [0.29, 0.717) is 41.9 Å². The Hall–Kier alpha value is -1.10. The first-order valence-electron chi connectivity index (χ1n) is 16.1. The van der Waals surface area contributed by atoms with Crippen molar-refractivity contribution in [2.75, 3.05) is 0 Å². The summed E-state index contributed by atoms with van der Waals surface area (Å²) in [7, 11) is 0. The van der Waals surface area contributed by atoms with Crippen LogP contribution in [0.25, 0.3) is 0 Å². The minimum atomic E-state index is -0.443. The summed E-state index contributed by atoms with van der Waals surface area (Å²) in [4.78, 5) is 25.2. The standard InChI is InChI=1S/C34H58O5/c1-10-32(6,7)30(37)38-23-17-18-33(8)22(19-23)12-13-24-26-15-14-25(34(26,9)28(35)20-27(24)33)21(2)11-16-29(36)39-31(3,4)5/h21-28,35H,10-20H2,1-9H3. The zero-order valence-corrected chi connectivity index (χ0v) is 26.5. The van der Waals surface area contributed by atoms with Gasteiger partial charge in [-0.15, -0.1) is 0 Å². The van der Waals surface area contributed by atoms with Gasteiger partial charge in [0.05, 0.1) is 11.5 Å². The second-order valence-corrected chi connectivity index (χ2v) is 16.1. The van der Waals surface area contributed by atoms with Gasteiger partial charge in [-0.1, -0.05) is 27.7 Å². The van der Waals surface area contributed by atoms with Gasteiger partial charge in [-0.05, 0) is 145 Å². The van der Waals surface area contributed by atoms with E-state index >= 15 is 0 Å². The van der Waals surface area contributed by atoms with Gasteiger partial charge >= 0.3 is 11.9 Å². The number of aliphatic hydroxyl groups excluding tert-OH is 1. The van der Waals surface area contributed by atoms with Gasteiger partial charge < -0.3 is 14.6 Å². The van der Waals surface area contributed by atoms with Crippen molar-refractivity contribution in [2.45, 2.75) is 151 Å². The molecule has 4 saturated carbocycles. The zero-order valence-electron chi connectivity index (χ0n) is 26.5. The second kappa shape index (κ2) is 11.0. The van der Waals surface area contributed by atoms with Crippen LogP contribution in [0.5, 0.6) is 0 Å². The molecule has 5 nitrogen and oxygen atoms in total. The summed E-state index contributed by atoms with van der Waals surface area (Å²) in [6.45, 7) is 19.0. The molecular formula is C34H58O5. The first-order valence-corrected chi connectivity index (χ1v) is 16.1. The Morgan fingerprint density at radius 1 is 0.974 bits per heavy atom. The van der Waals surface area contributed by atoms with Gasteiger partial charge in [0, 0.05) is 6.42 Å². The zero-order chi connectivity index (χ0) is 29.0. The molecule has 4 aliphatic rings. The van der Waals surface area contributed by atoms with Gasteiger partial charge in [0.15, 0.2) is 0 Å². The van der Waals surface area contributed by atoms with E-state index in [1.807, 2.05) is 34.6 Å². The molecule has 10 unspecified atom stereocenters. The lowest BCUT2D eigenvalue weighted by atomic mass is 9.43. The lowest BCUT2D eigenvalue weighted by molar-refractivity contribution is -0.185. The van der Waals surface area contributed by atoms with Crippen LogP contribution < -0.4 is 0 Å². The largest absolute Gasteiger partial charge is 0.462 e. The first kappa shape index (κ1) is 30.8. The van der Waals surface area contributed by atoms with Crippen LogP contribution in [-0.2, 0) is 19.1 Å². The third-order valence-corrected chi connectivity index (χ3v) is 12.4. The van der Waals surface area contributed by atoms with Crippen LogP contribution in [0.4, 0.5) is 0 Å². The maximum atomic E-state index is 12.8. The maximum Gasteiger partial charge on any atom is 0.311 e. The van der Waals surface area contributed by atoms with E-state index in [-0.39, 0.29) is 35.0 Å². The average Bonchev–Trinajstić information content (AvgIpc) is 3.21. The molecule has 39 heavy (non-hydrogen) atoms. The highest BCUT2D eigenvalue weighted by molar-refractivity contribution is 5.76. The van der Waals surface area contributed by atoms with Crippen molar-refractivity contribution in [2.24, 2.45) is 51.8 Å². The van der Waals surface area contributed by atoms with E-state index < -0.39 is 11.0 Å². The van der Waals surface area contributed by atoms with Gasteiger partial charge in [-0.3, -0.25) is 9.59 Å². The summed E-state index contributed by atoms with van der Waals surface area (Å²) in [5, 5.41) is 11.9. The third kappa shape index (κ3) is 5.82. The number of hydrogen-bond donors (Lipinski definition) is 1. The van der Waals surface area contributed by atoms with Crippen LogP contribution in [0.1, 0.15) is 133 Å². The van der Waals surface area contributed by atoms with Crippen LogP contribution in [0, 0.1) is 51.8 Å². The SMILES string of the molecule is CCC(C)(C)C(=O)OC1CCC2(C)C(CCC3C2CC(O)C2(C)C(C(C)CCC(=O)OC(C)(C)C)CCC32)C1. The van der Waals surface area contributed by atoms with Crippen LogP contribution in [0.2, 0.25) is 0 Å². The molecule has 5 heteroatoms. The number of ether oxygens (including phenoxy) is 2. The molecule has 0 spiro atoms. The summed E-state index contributed by atoms with van der Waals surface area (Å²) in [5.74, 6) is 3.02. The lowest BCUT2D eigenvalue weighted by Gasteiger charge is -2.62. The molecule has 0 saturated heterocycles. The van der Waals surface area contributed by atoms with Crippen molar-refractivity contribution >= 4 is 11.9 Å². The van der Waals surface area contributed by atoms with Crippen LogP contribution in [0.15, 0.2) is 0 Å². The minimum Gasteiger partial charge on any atom is -0.462 e. The molecule has 0 amide bonds. The van der Waals surface area contributed by atoms with Crippen molar-refractivity contribution in [1.29, 1.82) is 0 Å². The van der Waals surface area contributed by atoms with E-state index in [4.69, 9.17) is 9.47 Å². The van der Waals surface area contributed by atoms with Gasteiger partial charge in [0.25, 0.3) is 0 Å². The van der Waals surface area contributed by atoms with E-state index in [1.165, 1.54) is 19.3 Å². The molecule has 0 aromatic rings. The highest BCUT2D eigenvalue weighted by Gasteiger charge is 2.64. The summed E-state index contributed by atoms with van der Waals surface area (Å²) in [6, 6.07) is 0. The Morgan fingerprint density at radius 3 is 2.31 bits per heavy atom. The Kier molecular flexibility index (Phi) is 8.66. The third-order valence-electron chi connectivity index (χ3n) is 12.4. The molecule has 0 aromatic carbocycles. The Balaban J connectivity index is 1.42. The van der Waals surface area contributed by atoms with Crippen molar-refractivity contribution < 1.29 is 24.2 Å². The summed E-state index contributed by atoms with van der Waals surface area (Å²) < 4.78 is 11.6. The summed E-state index contributed by atoms with van der Waals surface area (Å²) >= 11 is 0. The molecule has 10 atom stereocenters. The van der Waals surface area contributed by atoms with Crippen molar-refractivity contribution in [3.05, 3.63) is 0 Å². The number of carbonyl (C=O) groups excluding carboxylic acids is 2. The Morgan fingerprint density at radius 2 is 1.67 bits per heavy atom. The summed E-state index contributed by atoms with van der Waals surface area (Å²) in [6.07, 6.45) is 10.5. The molecule has 0 aliphatic heterocycles. The monoisotopic (exact) mass is 546 g/mol. The molecule has 0 aromatic heterocycles. The molecule has 4 fully saturated rings. The first-order chi connectivity index (χ1) is 18.0. The highest BCUT2D eigenvalue weighted by Crippen LogP contribution is 2.68. The van der Waals surface area contributed by atoms with Gasteiger partial charge in [0.2, 0.25) is 0 Å².